The maximum absolute atomic E-state index is 4.10. The second-order valence-corrected chi connectivity index (χ2v) is 63.6. The van der Waals surface area contributed by atoms with Gasteiger partial charge in [0.25, 0.3) is 0 Å². The predicted molar refractivity (Wildman–Crippen MR) is 214 cm³/mol. The van der Waals surface area contributed by atoms with Crippen LogP contribution in [0.15, 0.2) is 127 Å². The van der Waals surface area contributed by atoms with Gasteiger partial charge < -0.3 is 0 Å². The number of fused-ring (bicyclic) bond motifs is 2. The average molecular weight is 824 g/mol. The van der Waals surface area contributed by atoms with E-state index >= 15 is 0 Å². The number of allylic oxidation sites excluding steroid dienone is 2. The molecule has 5 aromatic carbocycles. The molecule has 2 unspecified atom stereocenters. The van der Waals surface area contributed by atoms with Gasteiger partial charge in [0, 0.05) is 0 Å². The molecule has 0 aliphatic heterocycles. The standard InChI is InChI=1S/2C19H19.C7H8Si.2CH3.Hf/c2*1-19(2,3)16-10-4-9-15(13-16)18-12-6-8-14-7-5-11-17(14)18;1-8-7-5-3-2-4-6-7;;;/h2*4-13H,1-3H3;2-6H,1H3;2*1H3;. The minimum atomic E-state index is -4.10. The summed E-state index contributed by atoms with van der Waals surface area (Å²) in [5.41, 5.74) is 13.4. The van der Waals surface area contributed by atoms with Gasteiger partial charge in [-0.1, -0.05) is 0 Å². The quantitative estimate of drug-likeness (QED) is 0.155. The Morgan fingerprint density at radius 2 is 0.939 bits per heavy atom. The van der Waals surface area contributed by atoms with Crippen LogP contribution >= 0.6 is 0 Å². The van der Waals surface area contributed by atoms with Crippen molar-refractivity contribution in [3.05, 3.63) is 161 Å². The second kappa shape index (κ2) is 12.2. The van der Waals surface area contributed by atoms with Gasteiger partial charge in [0.15, 0.2) is 0 Å². The van der Waals surface area contributed by atoms with Crippen molar-refractivity contribution < 1.29 is 17.1 Å². The van der Waals surface area contributed by atoms with Crippen LogP contribution in [0, 0.1) is 0 Å². The maximum atomic E-state index is 2.84. The summed E-state index contributed by atoms with van der Waals surface area (Å²) in [6, 6.07) is 44.4. The van der Waals surface area contributed by atoms with Crippen LogP contribution in [0.3, 0.4) is 0 Å². The molecule has 2 heteroatoms. The topological polar surface area (TPSA) is 0 Å². The molecule has 0 amide bonds. The van der Waals surface area contributed by atoms with Crippen LogP contribution in [-0.2, 0) is 28.0 Å². The summed E-state index contributed by atoms with van der Waals surface area (Å²) < 4.78 is 6.61. The fraction of sp³-hybridized carbons (Fsp3) is 0.277. The first-order chi connectivity index (χ1) is 23.2. The van der Waals surface area contributed by atoms with E-state index in [4.69, 9.17) is 0 Å². The molecule has 248 valence electrons. The normalized spacial score (nSPS) is 17.3. The minimum absolute atomic E-state index is 0.111. The van der Waals surface area contributed by atoms with Crippen LogP contribution in [0.25, 0.3) is 34.4 Å². The molecule has 0 fully saturated rings. The van der Waals surface area contributed by atoms with E-state index in [1.54, 1.807) is 16.3 Å². The van der Waals surface area contributed by atoms with Gasteiger partial charge in [-0.05, 0) is 0 Å². The van der Waals surface area contributed by atoms with Crippen molar-refractivity contribution in [2.45, 2.75) is 75.6 Å². The Kier molecular flexibility index (Phi) is 8.47. The first-order valence-corrected chi connectivity index (χ1v) is 36.8. The van der Waals surface area contributed by atoms with Crippen molar-refractivity contribution in [2.75, 3.05) is 0 Å². The molecule has 0 bridgehead atoms. The SMILES string of the molecule is C[Si](c1ccccc1)=[Hf]([CH3])([CH3])([CH]1C=Cc2c(-c3cccc(C(C)(C)C)c3)cccc21)[CH]1C=Cc2c(-c3cccc(C(C)(C)C)c3)cccc21. The first-order valence-electron chi connectivity index (χ1n) is 18.1. The van der Waals surface area contributed by atoms with Crippen molar-refractivity contribution in [3.8, 4) is 22.3 Å². The van der Waals surface area contributed by atoms with Crippen LogP contribution in [0.4, 0.5) is 0 Å². The van der Waals surface area contributed by atoms with Crippen molar-refractivity contribution in [3.63, 3.8) is 0 Å². The third-order valence-electron chi connectivity index (χ3n) is 12.2. The molecule has 0 aromatic heterocycles. The molecular weight excluding hydrogens is 771 g/mol. The van der Waals surface area contributed by atoms with E-state index in [1.807, 2.05) is 0 Å². The van der Waals surface area contributed by atoms with Gasteiger partial charge in [0.2, 0.25) is 0 Å². The summed E-state index contributed by atoms with van der Waals surface area (Å²) in [6.07, 6.45) is 10.3. The Bertz CT molecular complexity index is 2080. The summed E-state index contributed by atoms with van der Waals surface area (Å²) in [4.78, 5) is 0. The van der Waals surface area contributed by atoms with E-state index in [-0.39, 0.29) is 10.8 Å². The first kappa shape index (κ1) is 34.1. The van der Waals surface area contributed by atoms with Crippen LogP contribution in [0.5, 0.6) is 0 Å². The third kappa shape index (κ3) is 5.77. The van der Waals surface area contributed by atoms with Crippen molar-refractivity contribution in [1.29, 1.82) is 0 Å². The molecule has 0 heterocycles. The van der Waals surface area contributed by atoms with Crippen LogP contribution in [0.1, 0.15) is 82.3 Å². The molecule has 0 saturated carbocycles. The summed E-state index contributed by atoms with van der Waals surface area (Å²) in [7, 11) is 0. The van der Waals surface area contributed by atoms with E-state index in [1.165, 1.54) is 44.5 Å². The number of hydrogen-bond acceptors (Lipinski definition) is 0. The Morgan fingerprint density at radius 1 is 0.510 bits per heavy atom. The van der Waals surface area contributed by atoms with Gasteiger partial charge in [0.05, 0.1) is 0 Å². The fourth-order valence-electron chi connectivity index (χ4n) is 8.84. The van der Waals surface area contributed by atoms with Crippen molar-refractivity contribution in [2.24, 2.45) is 0 Å². The molecule has 0 nitrogen and oxygen atoms in total. The monoisotopic (exact) mass is 824 g/mol. The van der Waals surface area contributed by atoms with Gasteiger partial charge >= 0.3 is 299 Å². The Labute approximate surface area is 296 Å². The Balaban J connectivity index is 1.43. The van der Waals surface area contributed by atoms with Gasteiger partial charge in [0.1, 0.15) is 0 Å². The second-order valence-electron chi connectivity index (χ2n) is 17.6. The summed E-state index contributed by atoms with van der Waals surface area (Å²) in [5.74, 6) is 0. The summed E-state index contributed by atoms with van der Waals surface area (Å²) in [6.45, 7) is 16.5. The summed E-state index contributed by atoms with van der Waals surface area (Å²) in [5, 5.41) is 1.58. The molecule has 0 saturated heterocycles. The van der Waals surface area contributed by atoms with E-state index in [0.717, 1.165) is 0 Å². The molecular formula is C47H52HfSi. The Hall–Kier alpha value is -3.33. The van der Waals surface area contributed by atoms with Crippen LogP contribution in [0.2, 0.25) is 15.9 Å². The molecule has 2 atom stereocenters. The van der Waals surface area contributed by atoms with Gasteiger partial charge in [-0.25, -0.2) is 0 Å². The molecule has 0 spiro atoms. The van der Waals surface area contributed by atoms with Crippen molar-refractivity contribution in [1.82, 2.24) is 0 Å². The molecule has 5 aromatic rings. The molecule has 0 radical (unpaired) electrons. The van der Waals surface area contributed by atoms with E-state index in [0.29, 0.717) is 7.35 Å². The van der Waals surface area contributed by atoms with Crippen molar-refractivity contribution >= 4 is 22.8 Å². The van der Waals surface area contributed by atoms with Crippen LogP contribution in [-0.4, -0.2) is 5.49 Å². The van der Waals surface area contributed by atoms with Gasteiger partial charge in [-0.15, -0.1) is 0 Å². The zero-order valence-electron chi connectivity index (χ0n) is 30.9. The average Bonchev–Trinajstić information content (AvgIpc) is 3.74. The zero-order valence-corrected chi connectivity index (χ0v) is 35.5. The van der Waals surface area contributed by atoms with E-state index < -0.39 is 22.6 Å². The Morgan fingerprint density at radius 3 is 1.37 bits per heavy atom. The summed E-state index contributed by atoms with van der Waals surface area (Å²) >= 11 is -4.10. The molecule has 0 N–H and O–H groups in total. The number of benzene rings is 5. The number of rotatable bonds is 5. The fourth-order valence-corrected chi connectivity index (χ4v) is 52.2. The van der Waals surface area contributed by atoms with E-state index in [2.05, 4.69) is 197 Å². The zero-order chi connectivity index (χ0) is 34.8. The molecule has 7 rings (SSSR count). The molecule has 2 aliphatic rings. The molecule has 2 aliphatic carbocycles. The van der Waals surface area contributed by atoms with Gasteiger partial charge in [-0.3, -0.25) is 0 Å². The predicted octanol–water partition coefficient (Wildman–Crippen LogP) is 12.8. The number of hydrogen-bond donors (Lipinski definition) is 0. The van der Waals surface area contributed by atoms with Gasteiger partial charge in [-0.2, -0.15) is 0 Å². The third-order valence-corrected chi connectivity index (χ3v) is 66.9. The van der Waals surface area contributed by atoms with E-state index in [9.17, 15) is 0 Å². The molecule has 49 heavy (non-hydrogen) atoms. The van der Waals surface area contributed by atoms with Crippen LogP contribution < -0.4 is 5.19 Å².